The van der Waals surface area contributed by atoms with Gasteiger partial charge in [-0.15, -0.1) is 0 Å². The van der Waals surface area contributed by atoms with E-state index < -0.39 is 12.1 Å². The molecule has 1 fully saturated rings. The number of carbonyl (C=O) groups excluding carboxylic acids is 2. The summed E-state index contributed by atoms with van der Waals surface area (Å²) >= 11 is 6.07. The van der Waals surface area contributed by atoms with Crippen molar-refractivity contribution in [3.8, 4) is 0 Å². The van der Waals surface area contributed by atoms with E-state index >= 15 is 0 Å². The fraction of sp³-hybridized carbons (Fsp3) is 0.346. The number of hydrogen-bond acceptors (Lipinski definition) is 5. The number of nitrogens with zero attached hydrogens (tertiary/aromatic N) is 2. The lowest BCUT2D eigenvalue weighted by molar-refractivity contribution is -0.137. The number of rotatable bonds is 8. The molecule has 4 rings (SSSR count). The van der Waals surface area contributed by atoms with Crippen LogP contribution in [0.5, 0.6) is 0 Å². The van der Waals surface area contributed by atoms with Gasteiger partial charge in [0.15, 0.2) is 5.78 Å². The number of halogens is 1. The maximum absolute atomic E-state index is 13.4. The molecule has 1 aromatic heterocycles. The number of β-amino-alcohol motifs (C(OH)–C–C–N with tert-alkyl or cyclic N) is 1. The smallest absolute Gasteiger partial charge is 0.231 e. The van der Waals surface area contributed by atoms with E-state index in [0.29, 0.717) is 22.9 Å². The number of likely N-dealkylation sites (tertiary alicyclic amines) is 1. The summed E-state index contributed by atoms with van der Waals surface area (Å²) in [7, 11) is 0. The van der Waals surface area contributed by atoms with E-state index in [1.165, 1.54) is 4.90 Å². The summed E-state index contributed by atoms with van der Waals surface area (Å²) in [5.74, 6) is 0.0914. The highest BCUT2D eigenvalue weighted by Crippen LogP contribution is 2.30. The number of aromatic nitrogens is 1. The van der Waals surface area contributed by atoms with Crippen LogP contribution < -0.4 is 0 Å². The molecule has 0 saturated carbocycles. The van der Waals surface area contributed by atoms with E-state index in [0.717, 1.165) is 11.1 Å². The number of aliphatic hydroxyl groups is 1. The van der Waals surface area contributed by atoms with Gasteiger partial charge in [-0.25, -0.2) is 0 Å². The predicted octanol–water partition coefficient (Wildman–Crippen LogP) is 4.13. The molecule has 0 aliphatic carbocycles. The van der Waals surface area contributed by atoms with Crippen LogP contribution in [0.1, 0.15) is 41.3 Å². The second-order valence-corrected chi connectivity index (χ2v) is 9.11. The number of carbonyl (C=O) groups is 2. The van der Waals surface area contributed by atoms with Crippen LogP contribution in [0, 0.1) is 6.92 Å². The summed E-state index contributed by atoms with van der Waals surface area (Å²) in [6.45, 7) is 1.93. The van der Waals surface area contributed by atoms with Crippen LogP contribution in [0.3, 0.4) is 0 Å². The van der Waals surface area contributed by atoms with Gasteiger partial charge in [0, 0.05) is 30.5 Å². The molecule has 0 unspecified atom stereocenters. The summed E-state index contributed by atoms with van der Waals surface area (Å²) in [6.07, 6.45) is 0.497. The van der Waals surface area contributed by atoms with Crippen molar-refractivity contribution in [2.45, 2.75) is 50.7 Å². The lowest BCUT2D eigenvalue weighted by atomic mass is 9.86. The number of aliphatic hydroxyl groups excluding tert-OH is 1. The normalized spacial score (nSPS) is 18.9. The van der Waals surface area contributed by atoms with Crippen molar-refractivity contribution < 1.29 is 19.2 Å². The number of amides is 1. The molecular formula is C26H27ClN2O4. The molecule has 1 aliphatic heterocycles. The molecule has 2 heterocycles. The van der Waals surface area contributed by atoms with E-state index in [-0.39, 0.29) is 43.4 Å². The van der Waals surface area contributed by atoms with Crippen molar-refractivity contribution in [2.75, 3.05) is 6.54 Å². The Morgan fingerprint density at radius 2 is 1.91 bits per heavy atom. The minimum absolute atomic E-state index is 0.0158. The first-order chi connectivity index (χ1) is 15.9. The van der Waals surface area contributed by atoms with Gasteiger partial charge in [-0.2, -0.15) is 0 Å². The van der Waals surface area contributed by atoms with E-state index in [4.69, 9.17) is 16.1 Å². The predicted molar refractivity (Wildman–Crippen MR) is 125 cm³/mol. The Balaban J connectivity index is 1.51. The molecule has 1 amide bonds. The number of hydrogen-bond donors (Lipinski definition) is 1. The molecule has 3 atom stereocenters. The maximum Gasteiger partial charge on any atom is 0.231 e. The largest absolute Gasteiger partial charge is 0.391 e. The van der Waals surface area contributed by atoms with Gasteiger partial charge in [0.2, 0.25) is 5.91 Å². The van der Waals surface area contributed by atoms with Crippen molar-refractivity contribution in [1.82, 2.24) is 10.1 Å². The van der Waals surface area contributed by atoms with Crippen molar-refractivity contribution in [1.29, 1.82) is 0 Å². The van der Waals surface area contributed by atoms with Crippen molar-refractivity contribution in [3.05, 3.63) is 88.3 Å². The third-order valence-corrected chi connectivity index (χ3v) is 6.34. The second kappa shape index (κ2) is 10.3. The van der Waals surface area contributed by atoms with Crippen LogP contribution in [0.4, 0.5) is 0 Å². The van der Waals surface area contributed by atoms with Gasteiger partial charge >= 0.3 is 0 Å². The number of Topliss-reactive ketones (excluding diaryl/α,β-unsaturated/α-hetero) is 1. The molecule has 1 N–H and O–H groups in total. The molecule has 172 valence electrons. The summed E-state index contributed by atoms with van der Waals surface area (Å²) in [4.78, 5) is 27.9. The van der Waals surface area contributed by atoms with E-state index in [9.17, 15) is 14.7 Å². The van der Waals surface area contributed by atoms with Gasteiger partial charge in [-0.05, 0) is 42.5 Å². The molecule has 3 aromatic rings. The van der Waals surface area contributed by atoms with Gasteiger partial charge < -0.3 is 14.5 Å². The summed E-state index contributed by atoms with van der Waals surface area (Å²) in [6, 6.07) is 18.6. The van der Waals surface area contributed by atoms with Gasteiger partial charge in [0.25, 0.3) is 0 Å². The molecule has 6 nitrogen and oxygen atoms in total. The third-order valence-electron chi connectivity index (χ3n) is 6.09. The van der Waals surface area contributed by atoms with Gasteiger partial charge in [0.05, 0.1) is 24.3 Å². The molecule has 7 heteroatoms. The Bertz CT molecular complexity index is 1100. The standard InChI is InChI=1S/C26H27ClN2O4/c1-17-11-23(33-28-17)15-26(32)29-16-22(30)14-24(29)25(31)13-20(12-18-5-3-2-4-6-18)19-7-9-21(27)10-8-19/h2-11,20,22,24,30H,12-16H2,1H3/t20-,22-,24+/m1/s1. The van der Waals surface area contributed by atoms with Crippen LogP contribution in [-0.4, -0.2) is 45.5 Å². The zero-order valence-corrected chi connectivity index (χ0v) is 19.2. The maximum atomic E-state index is 13.4. The Labute approximate surface area is 198 Å². The summed E-state index contributed by atoms with van der Waals surface area (Å²) in [5.41, 5.74) is 2.84. The number of ketones is 1. The minimum atomic E-state index is -0.720. The highest BCUT2D eigenvalue weighted by atomic mass is 35.5. The molecule has 0 radical (unpaired) electrons. The molecule has 0 spiro atoms. The van der Waals surface area contributed by atoms with Crippen LogP contribution in [0.2, 0.25) is 5.02 Å². The summed E-state index contributed by atoms with van der Waals surface area (Å²) in [5, 5.41) is 14.7. The van der Waals surface area contributed by atoms with Crippen LogP contribution in [0.25, 0.3) is 0 Å². The Kier molecular flexibility index (Phi) is 7.26. The lowest BCUT2D eigenvalue weighted by Crippen LogP contribution is -2.42. The monoisotopic (exact) mass is 466 g/mol. The zero-order chi connectivity index (χ0) is 23.4. The Hall–Kier alpha value is -2.96. The van der Waals surface area contributed by atoms with Gasteiger partial charge in [0.1, 0.15) is 5.76 Å². The van der Waals surface area contributed by atoms with Crippen molar-refractivity contribution in [2.24, 2.45) is 0 Å². The van der Waals surface area contributed by atoms with E-state index in [1.54, 1.807) is 13.0 Å². The quantitative estimate of drug-likeness (QED) is 0.539. The number of benzene rings is 2. The Morgan fingerprint density at radius 1 is 1.18 bits per heavy atom. The molecular weight excluding hydrogens is 440 g/mol. The van der Waals surface area contributed by atoms with Gasteiger partial charge in [-0.3, -0.25) is 9.59 Å². The molecule has 0 bridgehead atoms. The first kappa shape index (κ1) is 23.2. The van der Waals surface area contributed by atoms with Crippen molar-refractivity contribution >= 4 is 23.3 Å². The topological polar surface area (TPSA) is 83.6 Å². The van der Waals surface area contributed by atoms with E-state index in [2.05, 4.69) is 5.16 Å². The Morgan fingerprint density at radius 3 is 2.58 bits per heavy atom. The highest BCUT2D eigenvalue weighted by Gasteiger charge is 2.39. The molecule has 1 saturated heterocycles. The average molecular weight is 467 g/mol. The SMILES string of the molecule is Cc1cc(CC(=O)N2C[C@H](O)C[C@H]2C(=O)C[C@@H](Cc2ccccc2)c2ccc(Cl)cc2)on1. The minimum Gasteiger partial charge on any atom is -0.391 e. The molecule has 33 heavy (non-hydrogen) atoms. The highest BCUT2D eigenvalue weighted by molar-refractivity contribution is 6.30. The first-order valence-corrected chi connectivity index (χ1v) is 11.5. The van der Waals surface area contributed by atoms with E-state index in [1.807, 2.05) is 54.6 Å². The van der Waals surface area contributed by atoms with Crippen LogP contribution in [0.15, 0.2) is 65.2 Å². The molecule has 1 aliphatic rings. The fourth-order valence-electron chi connectivity index (χ4n) is 4.47. The lowest BCUT2D eigenvalue weighted by Gasteiger charge is -2.25. The zero-order valence-electron chi connectivity index (χ0n) is 18.5. The van der Waals surface area contributed by atoms with Crippen molar-refractivity contribution in [3.63, 3.8) is 0 Å². The van der Waals surface area contributed by atoms with Crippen LogP contribution in [-0.2, 0) is 22.4 Å². The average Bonchev–Trinajstić information content (AvgIpc) is 3.39. The van der Waals surface area contributed by atoms with Gasteiger partial charge in [-0.1, -0.05) is 59.2 Å². The molecule has 2 aromatic carbocycles. The first-order valence-electron chi connectivity index (χ1n) is 11.1. The fourth-order valence-corrected chi connectivity index (χ4v) is 4.59. The summed E-state index contributed by atoms with van der Waals surface area (Å²) < 4.78 is 5.16. The second-order valence-electron chi connectivity index (χ2n) is 8.67. The number of aryl methyl sites for hydroxylation is 1. The van der Waals surface area contributed by atoms with Crippen LogP contribution >= 0.6 is 11.6 Å². The third kappa shape index (κ3) is 5.89.